The fourth-order valence-corrected chi connectivity index (χ4v) is 5.42. The van der Waals surface area contributed by atoms with Gasteiger partial charge in [0, 0.05) is 13.1 Å². The second-order valence-corrected chi connectivity index (χ2v) is 10.5. The van der Waals surface area contributed by atoms with Crippen molar-refractivity contribution in [2.75, 3.05) is 23.7 Å². The van der Waals surface area contributed by atoms with E-state index in [1.807, 2.05) is 32.0 Å². The highest BCUT2D eigenvalue weighted by Gasteiger charge is 2.29. The summed E-state index contributed by atoms with van der Waals surface area (Å²) in [6, 6.07) is 12.9. The van der Waals surface area contributed by atoms with Crippen LogP contribution in [0, 0.1) is 13.8 Å². The molecule has 0 aromatic heterocycles. The van der Waals surface area contributed by atoms with Crippen molar-refractivity contribution in [1.82, 2.24) is 10.2 Å². The summed E-state index contributed by atoms with van der Waals surface area (Å²) in [5, 5.41) is 2.91. The molecule has 1 unspecified atom stereocenters. The van der Waals surface area contributed by atoms with Crippen LogP contribution in [0.4, 0.5) is 5.69 Å². The number of nitrogens with one attached hydrogen (secondary N) is 1. The van der Waals surface area contributed by atoms with Crippen molar-refractivity contribution in [3.63, 3.8) is 0 Å². The van der Waals surface area contributed by atoms with Gasteiger partial charge in [0.25, 0.3) is 0 Å². The van der Waals surface area contributed by atoms with Gasteiger partial charge in [-0.05, 0) is 81.1 Å². The number of nitrogens with zero attached hydrogens (tertiary/aromatic N) is 2. The Balaban J connectivity index is 1.69. The minimum atomic E-state index is -3.63. The highest BCUT2D eigenvalue weighted by atomic mass is 32.2. The number of carbonyl (C=O) groups excluding carboxylic acids is 1. The van der Waals surface area contributed by atoms with Gasteiger partial charge in [0.15, 0.2) is 0 Å². The SMILES string of the molecule is Cc1cc(C)cc(N(C(C)C(=O)NCc2cccc(CN3CCCC3)c2)S(C)(=O)=O)c1. The third-order valence-corrected chi connectivity index (χ3v) is 6.85. The maximum absolute atomic E-state index is 12.9. The fourth-order valence-electron chi connectivity index (χ4n) is 4.26. The molecule has 2 aromatic carbocycles. The van der Waals surface area contributed by atoms with Crippen molar-refractivity contribution >= 4 is 21.6 Å². The minimum Gasteiger partial charge on any atom is -0.350 e. The zero-order valence-corrected chi connectivity index (χ0v) is 19.7. The summed E-state index contributed by atoms with van der Waals surface area (Å²) in [4.78, 5) is 15.3. The number of aryl methyl sites for hydroxylation is 2. The number of hydrogen-bond donors (Lipinski definition) is 1. The van der Waals surface area contributed by atoms with Gasteiger partial charge in [0.05, 0.1) is 11.9 Å². The van der Waals surface area contributed by atoms with E-state index in [1.54, 1.807) is 19.1 Å². The average Bonchev–Trinajstić information content (AvgIpc) is 3.17. The lowest BCUT2D eigenvalue weighted by atomic mass is 10.1. The van der Waals surface area contributed by atoms with Gasteiger partial charge in [0.1, 0.15) is 6.04 Å². The summed E-state index contributed by atoms with van der Waals surface area (Å²) < 4.78 is 26.3. The largest absolute Gasteiger partial charge is 0.350 e. The third kappa shape index (κ3) is 6.31. The smallest absolute Gasteiger partial charge is 0.243 e. The summed E-state index contributed by atoms with van der Waals surface area (Å²) in [6.07, 6.45) is 3.64. The molecule has 0 saturated carbocycles. The van der Waals surface area contributed by atoms with Crippen molar-refractivity contribution in [1.29, 1.82) is 0 Å². The van der Waals surface area contributed by atoms with Crippen LogP contribution in [-0.4, -0.2) is 44.6 Å². The Morgan fingerprint density at radius 2 is 1.68 bits per heavy atom. The Morgan fingerprint density at radius 3 is 2.29 bits per heavy atom. The van der Waals surface area contributed by atoms with Gasteiger partial charge in [-0.15, -0.1) is 0 Å². The first-order valence-corrected chi connectivity index (χ1v) is 12.6. The van der Waals surface area contributed by atoms with Crippen molar-refractivity contribution in [2.24, 2.45) is 0 Å². The number of sulfonamides is 1. The molecule has 3 rings (SSSR count). The van der Waals surface area contributed by atoms with Gasteiger partial charge >= 0.3 is 0 Å². The lowest BCUT2D eigenvalue weighted by Gasteiger charge is -2.29. The first-order chi connectivity index (χ1) is 14.6. The van der Waals surface area contributed by atoms with Crippen LogP contribution in [0.25, 0.3) is 0 Å². The van der Waals surface area contributed by atoms with Gasteiger partial charge < -0.3 is 5.32 Å². The van der Waals surface area contributed by atoms with Gasteiger partial charge in [-0.3, -0.25) is 14.0 Å². The standard InChI is InChI=1S/C24H33N3O3S/c1-18-12-19(2)14-23(13-18)27(31(4,29)30)20(3)24(28)25-16-21-8-7-9-22(15-21)17-26-10-5-6-11-26/h7-9,12-15,20H,5-6,10-11,16-17H2,1-4H3,(H,25,28). The molecule has 0 radical (unpaired) electrons. The Hall–Kier alpha value is -2.38. The molecule has 1 amide bonds. The second-order valence-electron chi connectivity index (χ2n) is 8.60. The molecular weight excluding hydrogens is 410 g/mol. The molecule has 0 spiro atoms. The molecule has 1 saturated heterocycles. The molecule has 1 aliphatic heterocycles. The van der Waals surface area contributed by atoms with Crippen molar-refractivity contribution in [3.8, 4) is 0 Å². The number of benzene rings is 2. The molecule has 0 aliphatic carbocycles. The Labute approximate surface area is 186 Å². The Bertz CT molecular complexity index is 1010. The zero-order chi connectivity index (χ0) is 22.6. The van der Waals surface area contributed by atoms with E-state index in [4.69, 9.17) is 0 Å². The van der Waals surface area contributed by atoms with Crippen LogP contribution >= 0.6 is 0 Å². The molecule has 1 aliphatic rings. The van der Waals surface area contributed by atoms with Gasteiger partial charge in [0.2, 0.25) is 15.9 Å². The highest BCUT2D eigenvalue weighted by molar-refractivity contribution is 7.92. The molecule has 168 valence electrons. The van der Waals surface area contributed by atoms with Crippen LogP contribution in [0.2, 0.25) is 0 Å². The summed E-state index contributed by atoms with van der Waals surface area (Å²) in [5.41, 5.74) is 4.65. The molecule has 31 heavy (non-hydrogen) atoms. The number of anilines is 1. The number of hydrogen-bond acceptors (Lipinski definition) is 4. The van der Waals surface area contributed by atoms with Crippen LogP contribution in [0.5, 0.6) is 0 Å². The van der Waals surface area contributed by atoms with E-state index in [1.165, 1.54) is 22.7 Å². The maximum Gasteiger partial charge on any atom is 0.243 e. The average molecular weight is 444 g/mol. The van der Waals surface area contributed by atoms with Crippen molar-refractivity contribution in [2.45, 2.75) is 52.7 Å². The van der Waals surface area contributed by atoms with E-state index in [0.29, 0.717) is 12.2 Å². The maximum atomic E-state index is 12.9. The lowest BCUT2D eigenvalue weighted by Crippen LogP contribution is -2.47. The molecule has 2 aromatic rings. The van der Waals surface area contributed by atoms with Gasteiger partial charge in [-0.2, -0.15) is 0 Å². The number of likely N-dealkylation sites (tertiary alicyclic amines) is 1. The van der Waals surface area contributed by atoms with Crippen molar-refractivity contribution in [3.05, 3.63) is 64.7 Å². The first-order valence-electron chi connectivity index (χ1n) is 10.8. The summed E-state index contributed by atoms with van der Waals surface area (Å²) in [5.74, 6) is -0.325. The molecule has 1 fully saturated rings. The predicted molar refractivity (Wildman–Crippen MR) is 126 cm³/mol. The second kappa shape index (κ2) is 9.83. The van der Waals surface area contributed by atoms with Crippen LogP contribution in [0.3, 0.4) is 0 Å². The normalized spacial score (nSPS) is 15.6. The number of carbonyl (C=O) groups is 1. The molecule has 7 heteroatoms. The van der Waals surface area contributed by atoms with Crippen LogP contribution in [0.15, 0.2) is 42.5 Å². The molecule has 0 bridgehead atoms. The van der Waals surface area contributed by atoms with Crippen molar-refractivity contribution < 1.29 is 13.2 Å². The van der Waals surface area contributed by atoms with E-state index in [-0.39, 0.29) is 5.91 Å². The predicted octanol–water partition coefficient (Wildman–Crippen LogP) is 3.37. The summed E-state index contributed by atoms with van der Waals surface area (Å²) in [6.45, 7) is 9.01. The fraction of sp³-hybridized carbons (Fsp3) is 0.458. The molecule has 6 nitrogen and oxygen atoms in total. The molecular formula is C24H33N3O3S. The zero-order valence-electron chi connectivity index (χ0n) is 18.9. The van der Waals surface area contributed by atoms with E-state index >= 15 is 0 Å². The van der Waals surface area contributed by atoms with E-state index < -0.39 is 16.1 Å². The summed E-state index contributed by atoms with van der Waals surface area (Å²) >= 11 is 0. The molecule has 1 atom stereocenters. The van der Waals surface area contributed by atoms with Crippen LogP contribution in [0.1, 0.15) is 42.0 Å². The monoisotopic (exact) mass is 443 g/mol. The quantitative estimate of drug-likeness (QED) is 0.679. The Morgan fingerprint density at radius 1 is 1.06 bits per heavy atom. The molecule has 1 N–H and O–H groups in total. The summed E-state index contributed by atoms with van der Waals surface area (Å²) in [7, 11) is -3.63. The number of rotatable bonds is 8. The van der Waals surface area contributed by atoms with E-state index in [0.717, 1.165) is 42.6 Å². The Kier molecular flexibility index (Phi) is 7.38. The highest BCUT2D eigenvalue weighted by Crippen LogP contribution is 2.24. The van der Waals surface area contributed by atoms with E-state index in [2.05, 4.69) is 22.3 Å². The van der Waals surface area contributed by atoms with E-state index in [9.17, 15) is 13.2 Å². The number of amides is 1. The van der Waals surface area contributed by atoms with Gasteiger partial charge in [-0.25, -0.2) is 8.42 Å². The van der Waals surface area contributed by atoms with Crippen LogP contribution in [-0.2, 0) is 27.9 Å². The topological polar surface area (TPSA) is 69.7 Å². The van der Waals surface area contributed by atoms with Gasteiger partial charge in [-0.1, -0.05) is 30.3 Å². The third-order valence-electron chi connectivity index (χ3n) is 5.61. The molecule has 1 heterocycles. The van der Waals surface area contributed by atoms with Crippen LogP contribution < -0.4 is 9.62 Å². The first kappa shape index (κ1) is 23.3. The lowest BCUT2D eigenvalue weighted by molar-refractivity contribution is -0.122. The minimum absolute atomic E-state index is 0.325.